The van der Waals surface area contributed by atoms with E-state index in [1.807, 2.05) is 19.1 Å². The van der Waals surface area contributed by atoms with Gasteiger partial charge in [0.25, 0.3) is 0 Å². The van der Waals surface area contributed by atoms with Gasteiger partial charge in [0.2, 0.25) is 0 Å². The van der Waals surface area contributed by atoms with Gasteiger partial charge in [-0.25, -0.2) is 14.6 Å². The topological polar surface area (TPSA) is 139 Å². The lowest BCUT2D eigenvalue weighted by Gasteiger charge is -2.14. The van der Waals surface area contributed by atoms with Crippen LogP contribution >= 0.6 is 0 Å². The van der Waals surface area contributed by atoms with Gasteiger partial charge < -0.3 is 29.8 Å². The van der Waals surface area contributed by atoms with Crippen LogP contribution in [0.1, 0.15) is 25.3 Å². The Morgan fingerprint density at radius 1 is 1.18 bits per heavy atom. The average Bonchev–Trinajstić information content (AvgIpc) is 3.37. The number of benzene rings is 2. The molecule has 0 saturated carbocycles. The first-order chi connectivity index (χ1) is 16.5. The third-order valence-electron chi connectivity index (χ3n) is 4.83. The fraction of sp³-hybridized carbons (Fsp3) is 0.250. The van der Waals surface area contributed by atoms with E-state index in [2.05, 4.69) is 20.9 Å². The first-order valence-electron chi connectivity index (χ1n) is 10.6. The number of amides is 3. The van der Waals surface area contributed by atoms with Gasteiger partial charge in [0.05, 0.1) is 31.4 Å². The highest BCUT2D eigenvalue weighted by atomic mass is 16.6. The molecule has 3 rings (SSSR count). The molecule has 3 aromatic rings. The van der Waals surface area contributed by atoms with Crippen molar-refractivity contribution in [2.45, 2.75) is 32.4 Å². The number of rotatable bonds is 9. The Labute approximate surface area is 196 Å². The molecule has 10 nitrogen and oxygen atoms in total. The molecule has 0 spiro atoms. The molecule has 176 valence electrons. The highest BCUT2D eigenvalue weighted by Gasteiger charge is 2.13. The quantitative estimate of drug-likeness (QED) is 0.410. The van der Waals surface area contributed by atoms with E-state index < -0.39 is 18.2 Å². The van der Waals surface area contributed by atoms with Crippen molar-refractivity contribution >= 4 is 23.5 Å². The molecule has 1 unspecified atom stereocenters. The summed E-state index contributed by atoms with van der Waals surface area (Å²) in [7, 11) is 1.53. The smallest absolute Gasteiger partial charge is 0.407 e. The summed E-state index contributed by atoms with van der Waals surface area (Å²) in [5.74, 6) is 1.08. The Kier molecular flexibility index (Phi) is 8.46. The van der Waals surface area contributed by atoms with Crippen molar-refractivity contribution in [2.24, 2.45) is 0 Å². The predicted octanol–water partition coefficient (Wildman–Crippen LogP) is 4.91. The summed E-state index contributed by atoms with van der Waals surface area (Å²) in [4.78, 5) is 28.3. The predicted molar refractivity (Wildman–Crippen MR) is 125 cm³/mol. The van der Waals surface area contributed by atoms with Gasteiger partial charge in [0.15, 0.2) is 12.2 Å². The Balaban J connectivity index is 1.56. The standard InChI is InChI=1S/C24H25N5O5/c1-3-19(9-10-25)34-24(31)27-13-16-5-4-6-17(11-16)28-23(30)29-18-7-8-20(21(12-18)32-2)22-14-26-15-33-22/h4-8,11-12,14-15,19H,3,9,13H2,1-2H3,(H,27,31)(H2,28,29,30). The summed E-state index contributed by atoms with van der Waals surface area (Å²) >= 11 is 0. The average molecular weight is 463 g/mol. The highest BCUT2D eigenvalue weighted by molar-refractivity contribution is 6.00. The third-order valence-corrected chi connectivity index (χ3v) is 4.83. The van der Waals surface area contributed by atoms with Gasteiger partial charge in [-0.2, -0.15) is 5.26 Å². The SMILES string of the molecule is CCC(CC#N)OC(=O)NCc1cccc(NC(=O)Nc2ccc(-c3cnco3)c(OC)c2)c1. The maximum absolute atomic E-state index is 12.5. The van der Waals surface area contributed by atoms with E-state index in [1.165, 1.54) is 13.5 Å². The molecular weight excluding hydrogens is 438 g/mol. The monoisotopic (exact) mass is 463 g/mol. The lowest BCUT2D eigenvalue weighted by molar-refractivity contribution is 0.0971. The second kappa shape index (κ2) is 11.9. The Morgan fingerprint density at radius 3 is 2.65 bits per heavy atom. The summed E-state index contributed by atoms with van der Waals surface area (Å²) in [5.41, 5.74) is 2.55. The van der Waals surface area contributed by atoms with E-state index in [1.54, 1.807) is 42.6 Å². The summed E-state index contributed by atoms with van der Waals surface area (Å²) in [6.07, 6.45) is 2.58. The highest BCUT2D eigenvalue weighted by Crippen LogP contribution is 2.32. The van der Waals surface area contributed by atoms with Crippen molar-refractivity contribution in [3.8, 4) is 23.1 Å². The lowest BCUT2D eigenvalue weighted by atomic mass is 10.1. The van der Waals surface area contributed by atoms with Crippen molar-refractivity contribution in [1.82, 2.24) is 10.3 Å². The first-order valence-corrected chi connectivity index (χ1v) is 10.6. The van der Waals surface area contributed by atoms with Crippen molar-refractivity contribution < 1.29 is 23.5 Å². The van der Waals surface area contributed by atoms with Gasteiger partial charge in [-0.1, -0.05) is 19.1 Å². The van der Waals surface area contributed by atoms with E-state index in [-0.39, 0.29) is 13.0 Å². The van der Waals surface area contributed by atoms with E-state index in [0.29, 0.717) is 34.9 Å². The molecule has 0 fully saturated rings. The lowest BCUT2D eigenvalue weighted by Crippen LogP contribution is -2.28. The maximum Gasteiger partial charge on any atom is 0.407 e. The number of oxazole rings is 1. The zero-order chi connectivity index (χ0) is 24.3. The number of hydrogen-bond acceptors (Lipinski definition) is 7. The minimum Gasteiger partial charge on any atom is -0.496 e. The number of carbonyl (C=O) groups is 2. The van der Waals surface area contributed by atoms with E-state index in [4.69, 9.17) is 19.2 Å². The van der Waals surface area contributed by atoms with Crippen LogP contribution in [0, 0.1) is 11.3 Å². The van der Waals surface area contributed by atoms with Crippen molar-refractivity contribution in [2.75, 3.05) is 17.7 Å². The molecule has 3 amide bonds. The van der Waals surface area contributed by atoms with Gasteiger partial charge >= 0.3 is 12.1 Å². The molecule has 0 aliphatic carbocycles. The first kappa shape index (κ1) is 24.1. The molecule has 0 aliphatic heterocycles. The van der Waals surface area contributed by atoms with Crippen molar-refractivity contribution in [3.63, 3.8) is 0 Å². The number of carbonyl (C=O) groups excluding carboxylic acids is 2. The minimum absolute atomic E-state index is 0.146. The van der Waals surface area contributed by atoms with Gasteiger partial charge in [-0.15, -0.1) is 0 Å². The van der Waals surface area contributed by atoms with Gasteiger partial charge in [-0.3, -0.25) is 0 Å². The summed E-state index contributed by atoms with van der Waals surface area (Å²) in [6, 6.07) is 13.8. The van der Waals surface area contributed by atoms with Crippen LogP contribution in [0.3, 0.4) is 0 Å². The molecule has 2 aromatic carbocycles. The summed E-state index contributed by atoms with van der Waals surface area (Å²) < 4.78 is 15.9. The van der Waals surface area contributed by atoms with E-state index >= 15 is 0 Å². The number of anilines is 2. The number of urea groups is 1. The molecule has 1 heterocycles. The van der Waals surface area contributed by atoms with Crippen LogP contribution in [0.4, 0.5) is 21.0 Å². The number of aromatic nitrogens is 1. The van der Waals surface area contributed by atoms with Crippen LogP contribution in [0.25, 0.3) is 11.3 Å². The summed E-state index contributed by atoms with van der Waals surface area (Å²) in [5, 5.41) is 16.9. The van der Waals surface area contributed by atoms with Crippen LogP contribution in [0.5, 0.6) is 5.75 Å². The number of nitrogens with zero attached hydrogens (tertiary/aromatic N) is 2. The number of ether oxygens (including phenoxy) is 2. The largest absolute Gasteiger partial charge is 0.496 e. The normalized spacial score (nSPS) is 11.1. The Morgan fingerprint density at radius 2 is 1.97 bits per heavy atom. The fourth-order valence-electron chi connectivity index (χ4n) is 3.11. The maximum atomic E-state index is 12.5. The number of methoxy groups -OCH3 is 1. The number of nitrogens with one attached hydrogen (secondary N) is 3. The summed E-state index contributed by atoms with van der Waals surface area (Å²) in [6.45, 7) is 2.05. The molecule has 34 heavy (non-hydrogen) atoms. The van der Waals surface area contributed by atoms with Crippen LogP contribution in [-0.4, -0.2) is 30.3 Å². The molecule has 0 radical (unpaired) electrons. The molecule has 0 saturated heterocycles. The van der Waals surface area contributed by atoms with Crippen LogP contribution in [-0.2, 0) is 11.3 Å². The van der Waals surface area contributed by atoms with Crippen molar-refractivity contribution in [1.29, 1.82) is 5.26 Å². The number of nitriles is 1. The fourth-order valence-corrected chi connectivity index (χ4v) is 3.11. The van der Waals surface area contributed by atoms with Gasteiger partial charge in [-0.05, 0) is 36.2 Å². The van der Waals surface area contributed by atoms with Crippen molar-refractivity contribution in [3.05, 3.63) is 60.6 Å². The third kappa shape index (κ3) is 6.74. The van der Waals surface area contributed by atoms with Gasteiger partial charge in [0.1, 0.15) is 11.9 Å². The zero-order valence-electron chi connectivity index (χ0n) is 18.8. The Hall–Kier alpha value is -4.52. The molecule has 1 aromatic heterocycles. The number of hydrogen-bond donors (Lipinski definition) is 3. The second-order valence-corrected chi connectivity index (χ2v) is 7.21. The Bertz CT molecular complexity index is 1160. The van der Waals surface area contributed by atoms with Gasteiger partial charge in [0, 0.05) is 24.0 Å². The molecule has 0 bridgehead atoms. The molecule has 3 N–H and O–H groups in total. The second-order valence-electron chi connectivity index (χ2n) is 7.21. The van der Waals surface area contributed by atoms with Crippen LogP contribution in [0.15, 0.2) is 59.5 Å². The molecule has 0 aliphatic rings. The minimum atomic E-state index is -0.596. The van der Waals surface area contributed by atoms with E-state index in [9.17, 15) is 9.59 Å². The van der Waals surface area contributed by atoms with Crippen LogP contribution < -0.4 is 20.7 Å². The zero-order valence-corrected chi connectivity index (χ0v) is 18.8. The molecule has 10 heteroatoms. The molecule has 1 atom stereocenters. The molecular formula is C24H25N5O5. The number of alkyl carbamates (subject to hydrolysis) is 1. The van der Waals surface area contributed by atoms with E-state index in [0.717, 1.165) is 5.56 Å². The van der Waals surface area contributed by atoms with Crippen LogP contribution in [0.2, 0.25) is 0 Å².